The highest BCUT2D eigenvalue weighted by atomic mass is 35.5. The molecule has 0 fully saturated rings. The number of aromatic carboxylic acids is 1. The van der Waals surface area contributed by atoms with Gasteiger partial charge in [-0.1, -0.05) is 24.3 Å². The number of aromatic nitrogens is 2. The minimum atomic E-state index is -1.13. The van der Waals surface area contributed by atoms with Gasteiger partial charge >= 0.3 is 12.1 Å². The van der Waals surface area contributed by atoms with Gasteiger partial charge in [-0.15, -0.1) is 0 Å². The van der Waals surface area contributed by atoms with E-state index in [0.29, 0.717) is 23.6 Å². The maximum Gasteiger partial charge on any atom is 0.410 e. The highest BCUT2D eigenvalue weighted by Gasteiger charge is 2.31. The Morgan fingerprint density at radius 3 is 2.72 bits per heavy atom. The lowest BCUT2D eigenvalue weighted by Gasteiger charge is -2.26. The maximum absolute atomic E-state index is 12.0. The molecule has 1 N–H and O–H groups in total. The average molecular weight is 362 g/mol. The van der Waals surface area contributed by atoms with Crippen LogP contribution in [-0.4, -0.2) is 45.0 Å². The molecule has 0 bridgehead atoms. The van der Waals surface area contributed by atoms with Crippen LogP contribution in [0.1, 0.15) is 21.7 Å². The Bertz CT molecular complexity index is 829. The van der Waals surface area contributed by atoms with Crippen LogP contribution in [0.2, 0.25) is 5.02 Å². The van der Waals surface area contributed by atoms with Crippen molar-refractivity contribution in [2.45, 2.75) is 13.0 Å². The zero-order valence-electron chi connectivity index (χ0n) is 13.3. The predicted molar refractivity (Wildman–Crippen MR) is 91.2 cm³/mol. The van der Waals surface area contributed by atoms with E-state index >= 15 is 0 Å². The van der Waals surface area contributed by atoms with Crippen molar-refractivity contribution in [1.29, 1.82) is 0 Å². The number of carboxylic acids is 1. The molecular formula is C17H16ClN3O4. The summed E-state index contributed by atoms with van der Waals surface area (Å²) >= 11 is 5.90. The second kappa shape index (κ2) is 6.98. The molecule has 3 rings (SSSR count). The molecule has 130 valence electrons. The molecule has 0 radical (unpaired) electrons. The number of ether oxygens (including phenoxy) is 1. The fraction of sp³-hybridized carbons (Fsp3) is 0.235. The van der Waals surface area contributed by atoms with Crippen molar-refractivity contribution in [3.63, 3.8) is 0 Å². The largest absolute Gasteiger partial charge is 0.476 e. The molecule has 0 unspecified atom stereocenters. The monoisotopic (exact) mass is 361 g/mol. The maximum atomic E-state index is 12.0. The first-order valence-electron chi connectivity index (χ1n) is 7.64. The van der Waals surface area contributed by atoms with Crippen LogP contribution in [0.25, 0.3) is 5.69 Å². The quantitative estimate of drug-likeness (QED) is 0.846. The van der Waals surface area contributed by atoms with Crippen molar-refractivity contribution in [2.75, 3.05) is 13.2 Å². The summed E-state index contributed by atoms with van der Waals surface area (Å²) < 4.78 is 6.63. The number of benzene rings is 1. The van der Waals surface area contributed by atoms with Crippen LogP contribution in [0.15, 0.2) is 36.9 Å². The van der Waals surface area contributed by atoms with Crippen LogP contribution in [0.4, 0.5) is 4.79 Å². The van der Waals surface area contributed by atoms with Crippen LogP contribution in [-0.2, 0) is 17.7 Å². The van der Waals surface area contributed by atoms with E-state index < -0.39 is 12.1 Å². The molecule has 0 atom stereocenters. The first-order chi connectivity index (χ1) is 12.0. The van der Waals surface area contributed by atoms with Crippen LogP contribution in [0.3, 0.4) is 0 Å². The molecule has 0 saturated carbocycles. The third kappa shape index (κ3) is 3.36. The summed E-state index contributed by atoms with van der Waals surface area (Å²) in [5.41, 5.74) is 1.94. The lowest BCUT2D eigenvalue weighted by atomic mass is 10.1. The van der Waals surface area contributed by atoms with E-state index in [-0.39, 0.29) is 18.8 Å². The number of hydrogen-bond acceptors (Lipinski definition) is 4. The summed E-state index contributed by atoms with van der Waals surface area (Å²) in [6.45, 7) is 4.16. The minimum absolute atomic E-state index is 0.0637. The van der Waals surface area contributed by atoms with Gasteiger partial charge in [-0.3, -0.25) is 0 Å². The van der Waals surface area contributed by atoms with Crippen molar-refractivity contribution in [1.82, 2.24) is 14.7 Å². The third-order valence-electron chi connectivity index (χ3n) is 3.91. The van der Waals surface area contributed by atoms with E-state index in [1.807, 2.05) is 0 Å². The molecule has 1 aliphatic rings. The predicted octanol–water partition coefficient (Wildman–Crippen LogP) is 2.90. The van der Waals surface area contributed by atoms with Crippen LogP contribution < -0.4 is 0 Å². The average Bonchev–Trinajstić information content (AvgIpc) is 2.99. The summed E-state index contributed by atoms with van der Waals surface area (Å²) in [5.74, 6) is -1.13. The Morgan fingerprint density at radius 2 is 2.08 bits per heavy atom. The van der Waals surface area contributed by atoms with Crippen molar-refractivity contribution >= 4 is 23.7 Å². The molecule has 1 aromatic heterocycles. The number of hydrogen-bond donors (Lipinski definition) is 1. The number of carboxylic acid groups (broad SMARTS) is 1. The van der Waals surface area contributed by atoms with Crippen molar-refractivity contribution < 1.29 is 19.4 Å². The fourth-order valence-corrected chi connectivity index (χ4v) is 2.89. The molecule has 0 aliphatic carbocycles. The smallest absolute Gasteiger partial charge is 0.410 e. The Hall–Kier alpha value is -2.80. The van der Waals surface area contributed by atoms with Gasteiger partial charge < -0.3 is 14.7 Å². The van der Waals surface area contributed by atoms with Crippen molar-refractivity contribution in [2.24, 2.45) is 0 Å². The Morgan fingerprint density at radius 1 is 1.36 bits per heavy atom. The number of carbonyl (C=O) groups is 2. The van der Waals surface area contributed by atoms with Crippen LogP contribution >= 0.6 is 11.6 Å². The van der Waals surface area contributed by atoms with Gasteiger partial charge in [-0.05, 0) is 24.3 Å². The molecule has 1 aromatic carbocycles. The summed E-state index contributed by atoms with van der Waals surface area (Å²) in [5, 5.41) is 14.3. The van der Waals surface area contributed by atoms with E-state index in [2.05, 4.69) is 11.7 Å². The molecule has 0 saturated heterocycles. The number of halogens is 1. The third-order valence-corrected chi connectivity index (χ3v) is 4.17. The minimum Gasteiger partial charge on any atom is -0.476 e. The summed E-state index contributed by atoms with van der Waals surface area (Å²) in [4.78, 5) is 25.1. The molecule has 1 amide bonds. The van der Waals surface area contributed by atoms with Gasteiger partial charge in [-0.25, -0.2) is 14.3 Å². The van der Waals surface area contributed by atoms with Gasteiger partial charge in [0, 0.05) is 23.6 Å². The second-order valence-electron chi connectivity index (χ2n) is 5.50. The van der Waals surface area contributed by atoms with Crippen molar-refractivity contribution in [3.8, 4) is 5.69 Å². The SMILES string of the molecule is C=CCOC(=O)N1CCc2c(c(C(=O)O)nn2-c2ccc(Cl)cc2)C1. The van der Waals surface area contributed by atoms with Gasteiger partial charge in [-0.2, -0.15) is 5.10 Å². The van der Waals surface area contributed by atoms with Gasteiger partial charge in [0.05, 0.1) is 17.9 Å². The number of carbonyl (C=O) groups excluding carboxylic acids is 1. The van der Waals surface area contributed by atoms with Crippen molar-refractivity contribution in [3.05, 3.63) is 58.9 Å². The first kappa shape index (κ1) is 17.0. The molecule has 25 heavy (non-hydrogen) atoms. The Balaban J connectivity index is 1.96. The highest BCUT2D eigenvalue weighted by Crippen LogP contribution is 2.26. The number of amides is 1. The normalized spacial score (nSPS) is 13.2. The van der Waals surface area contributed by atoms with Gasteiger partial charge in [0.15, 0.2) is 5.69 Å². The fourth-order valence-electron chi connectivity index (χ4n) is 2.76. The molecule has 2 heterocycles. The van der Waals surface area contributed by atoms with E-state index in [0.717, 1.165) is 11.4 Å². The number of nitrogens with zero attached hydrogens (tertiary/aromatic N) is 3. The molecule has 0 spiro atoms. The first-order valence-corrected chi connectivity index (χ1v) is 8.01. The molecule has 1 aliphatic heterocycles. The Labute approximate surface area is 149 Å². The van der Waals surface area contributed by atoms with Crippen LogP contribution in [0, 0.1) is 0 Å². The molecule has 2 aromatic rings. The second-order valence-corrected chi connectivity index (χ2v) is 5.94. The summed E-state index contributed by atoms with van der Waals surface area (Å²) in [6.07, 6.45) is 1.46. The van der Waals surface area contributed by atoms with E-state index in [1.165, 1.54) is 11.0 Å². The van der Waals surface area contributed by atoms with Gasteiger partial charge in [0.2, 0.25) is 0 Å². The van der Waals surface area contributed by atoms with E-state index in [9.17, 15) is 14.7 Å². The van der Waals surface area contributed by atoms with E-state index in [1.54, 1.807) is 28.9 Å². The molecule has 7 nitrogen and oxygen atoms in total. The Kier molecular flexibility index (Phi) is 4.76. The topological polar surface area (TPSA) is 84.7 Å². The van der Waals surface area contributed by atoms with Gasteiger partial charge in [0.25, 0.3) is 0 Å². The number of fused-ring (bicyclic) bond motifs is 1. The lowest BCUT2D eigenvalue weighted by Crippen LogP contribution is -2.37. The lowest BCUT2D eigenvalue weighted by molar-refractivity contribution is 0.0684. The zero-order valence-corrected chi connectivity index (χ0v) is 14.1. The van der Waals surface area contributed by atoms with Gasteiger partial charge in [0.1, 0.15) is 6.61 Å². The zero-order chi connectivity index (χ0) is 18.0. The molecule has 8 heteroatoms. The van der Waals surface area contributed by atoms with E-state index in [4.69, 9.17) is 16.3 Å². The summed E-state index contributed by atoms with van der Waals surface area (Å²) in [7, 11) is 0. The standard InChI is InChI=1S/C17H16ClN3O4/c1-2-9-25-17(24)20-8-7-14-13(10-20)15(16(22)23)19-21(14)12-5-3-11(18)4-6-12/h2-6H,1,7-10H2,(H,22,23). The number of rotatable bonds is 4. The summed E-state index contributed by atoms with van der Waals surface area (Å²) in [6, 6.07) is 6.97. The highest BCUT2D eigenvalue weighted by molar-refractivity contribution is 6.30. The van der Waals surface area contributed by atoms with Crippen LogP contribution in [0.5, 0.6) is 0 Å². The molecular weight excluding hydrogens is 346 g/mol.